The van der Waals surface area contributed by atoms with Crippen LogP contribution in [-0.2, 0) is 0 Å². The highest BCUT2D eigenvalue weighted by molar-refractivity contribution is 7.99. The summed E-state index contributed by atoms with van der Waals surface area (Å²) in [6, 6.07) is 3.88. The van der Waals surface area contributed by atoms with Gasteiger partial charge in [0.15, 0.2) is 0 Å². The molecule has 3 nitrogen and oxygen atoms in total. The molecule has 1 aromatic rings. The molecule has 1 unspecified atom stereocenters. The molecule has 1 rings (SSSR count). The van der Waals surface area contributed by atoms with Gasteiger partial charge in [-0.25, -0.2) is 0 Å². The number of nitrogens with zero attached hydrogens (tertiary/aromatic N) is 1. The Kier molecular flexibility index (Phi) is 4.21. The molecule has 0 aliphatic carbocycles. The Labute approximate surface area is 82.4 Å². The fourth-order valence-electron chi connectivity index (χ4n) is 0.910. The van der Waals surface area contributed by atoms with E-state index in [2.05, 4.69) is 4.98 Å². The summed E-state index contributed by atoms with van der Waals surface area (Å²) < 4.78 is 0. The van der Waals surface area contributed by atoms with Crippen LogP contribution in [0.15, 0.2) is 23.2 Å². The molecule has 0 aliphatic heterocycles. The van der Waals surface area contributed by atoms with Crippen molar-refractivity contribution in [2.24, 2.45) is 5.73 Å². The van der Waals surface area contributed by atoms with E-state index in [1.165, 1.54) is 0 Å². The van der Waals surface area contributed by atoms with E-state index in [0.717, 1.165) is 10.6 Å². The molecule has 0 radical (unpaired) electrons. The highest BCUT2D eigenvalue weighted by Crippen LogP contribution is 2.17. The average molecular weight is 198 g/mol. The van der Waals surface area contributed by atoms with E-state index >= 15 is 0 Å². The summed E-state index contributed by atoms with van der Waals surface area (Å²) in [6.45, 7) is 2.10. The molecule has 1 atom stereocenters. The van der Waals surface area contributed by atoms with Crippen molar-refractivity contribution in [3.8, 4) is 0 Å². The molecule has 1 heterocycles. The number of hydrogen-bond acceptors (Lipinski definition) is 4. The zero-order valence-corrected chi connectivity index (χ0v) is 8.42. The molecule has 4 heteroatoms. The Balaban J connectivity index is 2.59. The van der Waals surface area contributed by atoms with E-state index in [9.17, 15) is 0 Å². The lowest BCUT2D eigenvalue weighted by atomic mass is 10.2. The van der Waals surface area contributed by atoms with Gasteiger partial charge in [-0.15, -0.1) is 11.8 Å². The molecule has 1 aromatic heterocycles. The largest absolute Gasteiger partial charge is 0.396 e. The lowest BCUT2D eigenvalue weighted by molar-refractivity contribution is 0.322. The van der Waals surface area contributed by atoms with E-state index in [1.807, 2.05) is 19.1 Å². The highest BCUT2D eigenvalue weighted by atomic mass is 32.2. The van der Waals surface area contributed by atoms with Gasteiger partial charge >= 0.3 is 0 Å². The second-order valence-corrected chi connectivity index (χ2v) is 3.95. The fourth-order valence-corrected chi connectivity index (χ4v) is 1.53. The molecule has 3 N–H and O–H groups in total. The third-order valence-corrected chi connectivity index (χ3v) is 2.55. The van der Waals surface area contributed by atoms with Crippen molar-refractivity contribution in [3.05, 3.63) is 24.0 Å². The number of aliphatic hydroxyl groups is 1. The van der Waals surface area contributed by atoms with E-state index < -0.39 is 0 Å². The highest BCUT2D eigenvalue weighted by Gasteiger charge is 2.00. The first-order valence-electron chi connectivity index (χ1n) is 4.19. The van der Waals surface area contributed by atoms with Crippen LogP contribution in [0, 0.1) is 0 Å². The predicted molar refractivity (Wildman–Crippen MR) is 54.6 cm³/mol. The number of hydrogen-bond donors (Lipinski definition) is 2. The third kappa shape index (κ3) is 3.34. The molecule has 0 amide bonds. The first kappa shape index (κ1) is 10.5. The number of thioether (sulfide) groups is 1. The molecule has 72 valence electrons. The molecular weight excluding hydrogens is 184 g/mol. The minimum Gasteiger partial charge on any atom is -0.396 e. The smallest absolute Gasteiger partial charge is 0.0569 e. The second-order valence-electron chi connectivity index (χ2n) is 2.78. The SMILES string of the molecule is CC(N)c1ccc(SCCO)cn1. The normalized spacial score (nSPS) is 12.8. The fraction of sp³-hybridized carbons (Fsp3) is 0.444. The topological polar surface area (TPSA) is 59.1 Å². The Morgan fingerprint density at radius 3 is 2.85 bits per heavy atom. The van der Waals surface area contributed by atoms with Gasteiger partial charge in [0.2, 0.25) is 0 Å². The van der Waals surface area contributed by atoms with Gasteiger partial charge in [-0.05, 0) is 19.1 Å². The molecule has 0 bridgehead atoms. The van der Waals surface area contributed by atoms with E-state index in [4.69, 9.17) is 10.8 Å². The number of aromatic nitrogens is 1. The molecule has 0 spiro atoms. The molecule has 0 saturated heterocycles. The van der Waals surface area contributed by atoms with Crippen LogP contribution in [0.4, 0.5) is 0 Å². The average Bonchev–Trinajstić information content (AvgIpc) is 2.15. The molecule has 0 fully saturated rings. The van der Waals surface area contributed by atoms with Gasteiger partial charge in [-0.3, -0.25) is 4.98 Å². The second kappa shape index (κ2) is 5.21. The van der Waals surface area contributed by atoms with Crippen LogP contribution < -0.4 is 5.73 Å². The minimum atomic E-state index is -0.0168. The van der Waals surface area contributed by atoms with Gasteiger partial charge in [0, 0.05) is 22.9 Å². The number of aliphatic hydroxyl groups excluding tert-OH is 1. The van der Waals surface area contributed by atoms with Crippen molar-refractivity contribution in [2.75, 3.05) is 12.4 Å². The van der Waals surface area contributed by atoms with Gasteiger partial charge in [0.25, 0.3) is 0 Å². The van der Waals surface area contributed by atoms with Crippen molar-refractivity contribution in [1.82, 2.24) is 4.98 Å². The van der Waals surface area contributed by atoms with Crippen molar-refractivity contribution in [1.29, 1.82) is 0 Å². The zero-order chi connectivity index (χ0) is 9.68. The Bertz CT molecular complexity index is 248. The van der Waals surface area contributed by atoms with Crippen LogP contribution in [0.3, 0.4) is 0 Å². The number of rotatable bonds is 4. The number of pyridine rings is 1. The van der Waals surface area contributed by atoms with E-state index in [0.29, 0.717) is 5.75 Å². The Hall–Kier alpha value is -0.580. The van der Waals surface area contributed by atoms with Crippen LogP contribution >= 0.6 is 11.8 Å². The monoisotopic (exact) mass is 198 g/mol. The van der Waals surface area contributed by atoms with Crippen LogP contribution in [0.5, 0.6) is 0 Å². The summed E-state index contributed by atoms with van der Waals surface area (Å²) in [5.74, 6) is 0.708. The standard InChI is InChI=1S/C9H14N2OS/c1-7(10)9-3-2-8(6-11-9)13-5-4-12/h2-3,6-7,12H,4-5,10H2,1H3. The van der Waals surface area contributed by atoms with Gasteiger partial charge in [-0.2, -0.15) is 0 Å². The Morgan fingerprint density at radius 1 is 1.62 bits per heavy atom. The maximum atomic E-state index is 8.61. The molecular formula is C9H14N2OS. The van der Waals surface area contributed by atoms with Crippen LogP contribution in [0.2, 0.25) is 0 Å². The molecule has 0 saturated carbocycles. The summed E-state index contributed by atoms with van der Waals surface area (Å²) in [5.41, 5.74) is 6.55. The quantitative estimate of drug-likeness (QED) is 0.713. The van der Waals surface area contributed by atoms with Crippen molar-refractivity contribution in [3.63, 3.8) is 0 Å². The summed E-state index contributed by atoms with van der Waals surface area (Å²) in [4.78, 5) is 5.27. The van der Waals surface area contributed by atoms with Crippen molar-refractivity contribution >= 4 is 11.8 Å². The van der Waals surface area contributed by atoms with Gasteiger partial charge in [0.05, 0.1) is 12.3 Å². The maximum Gasteiger partial charge on any atom is 0.0569 e. The Morgan fingerprint density at radius 2 is 2.38 bits per heavy atom. The first-order valence-corrected chi connectivity index (χ1v) is 5.18. The summed E-state index contributed by atoms with van der Waals surface area (Å²) in [5, 5.41) is 8.61. The first-order chi connectivity index (χ1) is 6.24. The molecule has 13 heavy (non-hydrogen) atoms. The lowest BCUT2D eigenvalue weighted by Crippen LogP contribution is -2.06. The van der Waals surface area contributed by atoms with E-state index in [1.54, 1.807) is 18.0 Å². The molecule has 0 aromatic carbocycles. The van der Waals surface area contributed by atoms with Crippen LogP contribution in [-0.4, -0.2) is 22.5 Å². The molecule has 0 aliphatic rings. The summed E-state index contributed by atoms with van der Waals surface area (Å²) in [7, 11) is 0. The van der Waals surface area contributed by atoms with Crippen molar-refractivity contribution < 1.29 is 5.11 Å². The lowest BCUT2D eigenvalue weighted by Gasteiger charge is -2.04. The summed E-state index contributed by atoms with van der Waals surface area (Å²) in [6.07, 6.45) is 1.79. The van der Waals surface area contributed by atoms with E-state index in [-0.39, 0.29) is 12.6 Å². The minimum absolute atomic E-state index is 0.0168. The zero-order valence-electron chi connectivity index (χ0n) is 7.60. The van der Waals surface area contributed by atoms with Gasteiger partial charge < -0.3 is 10.8 Å². The number of nitrogens with two attached hydrogens (primary N) is 1. The van der Waals surface area contributed by atoms with Crippen LogP contribution in [0.1, 0.15) is 18.7 Å². The van der Waals surface area contributed by atoms with Crippen molar-refractivity contribution in [2.45, 2.75) is 17.9 Å². The summed E-state index contributed by atoms with van der Waals surface area (Å²) >= 11 is 1.59. The van der Waals surface area contributed by atoms with Gasteiger partial charge in [-0.1, -0.05) is 0 Å². The maximum absolute atomic E-state index is 8.61. The van der Waals surface area contributed by atoms with Gasteiger partial charge in [0.1, 0.15) is 0 Å². The van der Waals surface area contributed by atoms with Crippen LogP contribution in [0.25, 0.3) is 0 Å². The predicted octanol–water partition coefficient (Wildman–Crippen LogP) is 1.19. The third-order valence-electron chi connectivity index (χ3n) is 1.59.